The van der Waals surface area contributed by atoms with Crippen LogP contribution in [0.3, 0.4) is 0 Å². The first-order valence-electron chi connectivity index (χ1n) is 17.7. The van der Waals surface area contributed by atoms with Gasteiger partial charge < -0.3 is 13.9 Å². The van der Waals surface area contributed by atoms with Crippen LogP contribution in [-0.2, 0) is 0 Å². The number of allylic oxidation sites excluding steroid dienone is 2. The van der Waals surface area contributed by atoms with Crippen LogP contribution in [0.2, 0.25) is 0 Å². The molecule has 240 valence electrons. The summed E-state index contributed by atoms with van der Waals surface area (Å²) in [6.07, 6.45) is 5.46. The predicted octanol–water partition coefficient (Wildman–Crippen LogP) is 12.3. The standard InChI is InChI=1S/C48H32N2O/c1-2-13-31(14-3-1)34-15-4-8-19-40(34)49-41-20-9-5-16-35(41)38-29-32(25-27-43(38)49)33-26-28-44-39(30-33)36-17-6-10-21-42(36)50(44)45-22-12-24-47-48(45)37-18-7-11-23-46(37)51-47/h1-23,25-30,47H,24H2. The van der Waals surface area contributed by atoms with Crippen molar-refractivity contribution in [2.24, 2.45) is 0 Å². The summed E-state index contributed by atoms with van der Waals surface area (Å²) in [5.41, 5.74) is 14.5. The van der Waals surface area contributed by atoms with Crippen molar-refractivity contribution >= 4 is 54.9 Å². The molecule has 0 saturated heterocycles. The highest BCUT2D eigenvalue weighted by Crippen LogP contribution is 2.46. The normalized spacial score (nSPS) is 15.2. The molecular weight excluding hydrogens is 621 g/mol. The Morgan fingerprint density at radius 2 is 1.02 bits per heavy atom. The van der Waals surface area contributed by atoms with E-state index in [2.05, 4.69) is 185 Å². The molecule has 0 fully saturated rings. The van der Waals surface area contributed by atoms with E-state index in [0.717, 1.165) is 12.2 Å². The number of benzene rings is 7. The summed E-state index contributed by atoms with van der Waals surface area (Å²) < 4.78 is 11.3. The van der Waals surface area contributed by atoms with E-state index in [4.69, 9.17) is 4.74 Å². The topological polar surface area (TPSA) is 19.1 Å². The zero-order chi connectivity index (χ0) is 33.5. The molecule has 3 nitrogen and oxygen atoms in total. The van der Waals surface area contributed by atoms with Gasteiger partial charge in [-0.3, -0.25) is 0 Å². The number of fused-ring (bicyclic) bond motifs is 9. The molecule has 3 heterocycles. The third-order valence-corrected chi connectivity index (χ3v) is 10.8. The molecule has 0 N–H and O–H groups in total. The second kappa shape index (κ2) is 11.0. The summed E-state index contributed by atoms with van der Waals surface area (Å²) in [5.74, 6) is 0.974. The summed E-state index contributed by atoms with van der Waals surface area (Å²) in [7, 11) is 0. The maximum Gasteiger partial charge on any atom is 0.130 e. The van der Waals surface area contributed by atoms with Gasteiger partial charge in [0.2, 0.25) is 0 Å². The van der Waals surface area contributed by atoms with Crippen molar-refractivity contribution in [3.63, 3.8) is 0 Å². The number of aromatic nitrogens is 2. The molecule has 0 spiro atoms. The quantitative estimate of drug-likeness (QED) is 0.185. The average Bonchev–Trinajstić information content (AvgIpc) is 3.85. The molecule has 0 radical (unpaired) electrons. The minimum atomic E-state index is 0.0337. The Kier molecular flexibility index (Phi) is 6.08. The minimum absolute atomic E-state index is 0.0337. The molecule has 1 unspecified atom stereocenters. The summed E-state index contributed by atoms with van der Waals surface area (Å²) in [6, 6.07) is 59.4. The van der Waals surface area contributed by atoms with Crippen molar-refractivity contribution in [3.05, 3.63) is 182 Å². The first-order chi connectivity index (χ1) is 25.3. The maximum atomic E-state index is 6.44. The Labute approximate surface area is 295 Å². The Morgan fingerprint density at radius 3 is 1.76 bits per heavy atom. The Morgan fingerprint density at radius 1 is 0.451 bits per heavy atom. The van der Waals surface area contributed by atoms with Crippen molar-refractivity contribution in [1.29, 1.82) is 0 Å². The lowest BCUT2D eigenvalue weighted by atomic mass is 9.94. The first kappa shape index (κ1) is 28.3. The van der Waals surface area contributed by atoms with E-state index in [1.54, 1.807) is 0 Å². The molecule has 7 aromatic carbocycles. The van der Waals surface area contributed by atoms with E-state index in [-0.39, 0.29) is 6.10 Å². The van der Waals surface area contributed by atoms with Gasteiger partial charge in [-0.05, 0) is 71.3 Å². The largest absolute Gasteiger partial charge is 0.485 e. The predicted molar refractivity (Wildman–Crippen MR) is 212 cm³/mol. The number of nitrogens with zero attached hydrogens (tertiary/aromatic N) is 2. The molecule has 0 amide bonds. The van der Waals surface area contributed by atoms with Gasteiger partial charge in [0.15, 0.2) is 0 Å². The van der Waals surface area contributed by atoms with Gasteiger partial charge in [0.05, 0.1) is 33.5 Å². The van der Waals surface area contributed by atoms with Crippen LogP contribution in [0.5, 0.6) is 5.75 Å². The summed E-state index contributed by atoms with van der Waals surface area (Å²) in [5, 5.41) is 5.00. The van der Waals surface area contributed by atoms with Crippen LogP contribution in [-0.4, -0.2) is 15.2 Å². The number of rotatable bonds is 4. The van der Waals surface area contributed by atoms with E-state index in [1.165, 1.54) is 88.4 Å². The number of para-hydroxylation sites is 4. The van der Waals surface area contributed by atoms with Crippen LogP contribution in [0, 0.1) is 0 Å². The molecule has 1 aliphatic carbocycles. The summed E-state index contributed by atoms with van der Waals surface area (Å²) in [4.78, 5) is 0. The zero-order valence-corrected chi connectivity index (χ0v) is 27.8. The van der Waals surface area contributed by atoms with E-state index in [1.807, 2.05) is 0 Å². The Balaban J connectivity index is 1.10. The van der Waals surface area contributed by atoms with Crippen LogP contribution >= 0.6 is 0 Å². The van der Waals surface area contributed by atoms with Crippen LogP contribution in [0.4, 0.5) is 0 Å². The Hall–Kier alpha value is -6.58. The van der Waals surface area contributed by atoms with Crippen molar-refractivity contribution < 1.29 is 4.74 Å². The zero-order valence-electron chi connectivity index (χ0n) is 27.8. The third-order valence-electron chi connectivity index (χ3n) is 10.8. The lowest BCUT2D eigenvalue weighted by Gasteiger charge is -2.20. The van der Waals surface area contributed by atoms with Gasteiger partial charge in [0.1, 0.15) is 11.9 Å². The first-order valence-corrected chi connectivity index (χ1v) is 17.7. The molecule has 2 aliphatic rings. The molecule has 0 bridgehead atoms. The monoisotopic (exact) mass is 652 g/mol. The molecule has 0 saturated carbocycles. The third kappa shape index (κ3) is 4.18. The number of hydrogen-bond acceptors (Lipinski definition) is 1. The molecule has 11 rings (SSSR count). The van der Waals surface area contributed by atoms with Gasteiger partial charge in [0.25, 0.3) is 0 Å². The highest BCUT2D eigenvalue weighted by atomic mass is 16.5. The lowest BCUT2D eigenvalue weighted by molar-refractivity contribution is 0.279. The van der Waals surface area contributed by atoms with Crippen LogP contribution in [0.1, 0.15) is 12.0 Å². The molecule has 2 aromatic heterocycles. The smallest absolute Gasteiger partial charge is 0.130 e. The van der Waals surface area contributed by atoms with Gasteiger partial charge in [-0.1, -0.05) is 121 Å². The molecule has 1 atom stereocenters. The van der Waals surface area contributed by atoms with E-state index < -0.39 is 0 Å². The molecule has 1 aliphatic heterocycles. The highest BCUT2D eigenvalue weighted by Gasteiger charge is 2.33. The fourth-order valence-corrected chi connectivity index (χ4v) is 8.59. The summed E-state index contributed by atoms with van der Waals surface area (Å²) >= 11 is 0. The fraction of sp³-hybridized carbons (Fsp3) is 0.0417. The van der Waals surface area contributed by atoms with Gasteiger partial charge in [-0.2, -0.15) is 0 Å². The van der Waals surface area contributed by atoms with Gasteiger partial charge in [0, 0.05) is 44.7 Å². The van der Waals surface area contributed by atoms with Crippen LogP contribution < -0.4 is 4.74 Å². The molecule has 9 aromatic rings. The second-order valence-electron chi connectivity index (χ2n) is 13.6. The number of ether oxygens (including phenoxy) is 1. The van der Waals surface area contributed by atoms with Crippen molar-refractivity contribution in [1.82, 2.24) is 9.13 Å². The SMILES string of the molecule is C1=CC(n2c3ccccc3c3cc(-c4ccc5c(c4)c4ccccc4n5-c4ccccc4-c4ccccc4)ccc32)=C2c3ccccc3OC2C1. The lowest BCUT2D eigenvalue weighted by Crippen LogP contribution is -2.16. The molecule has 3 heteroatoms. The molecule has 51 heavy (non-hydrogen) atoms. The van der Waals surface area contributed by atoms with Crippen LogP contribution in [0.25, 0.3) is 82.8 Å². The van der Waals surface area contributed by atoms with Gasteiger partial charge in [-0.15, -0.1) is 0 Å². The van der Waals surface area contributed by atoms with Gasteiger partial charge >= 0.3 is 0 Å². The fourth-order valence-electron chi connectivity index (χ4n) is 8.59. The van der Waals surface area contributed by atoms with E-state index in [9.17, 15) is 0 Å². The average molecular weight is 653 g/mol. The summed E-state index contributed by atoms with van der Waals surface area (Å²) in [6.45, 7) is 0. The second-order valence-corrected chi connectivity index (χ2v) is 13.6. The Bertz CT molecular complexity index is 2920. The van der Waals surface area contributed by atoms with E-state index >= 15 is 0 Å². The van der Waals surface area contributed by atoms with Crippen LogP contribution in [0.15, 0.2) is 176 Å². The molecular formula is C48H32N2O. The van der Waals surface area contributed by atoms with E-state index in [0.29, 0.717) is 0 Å². The van der Waals surface area contributed by atoms with Crippen molar-refractivity contribution in [2.45, 2.75) is 12.5 Å². The minimum Gasteiger partial charge on any atom is -0.485 e. The van der Waals surface area contributed by atoms with Crippen molar-refractivity contribution in [3.8, 4) is 33.7 Å². The maximum absolute atomic E-state index is 6.44. The highest BCUT2D eigenvalue weighted by molar-refractivity contribution is 6.15. The van der Waals surface area contributed by atoms with Crippen molar-refractivity contribution in [2.75, 3.05) is 0 Å². The number of hydrogen-bond donors (Lipinski definition) is 0. The van der Waals surface area contributed by atoms with Gasteiger partial charge in [-0.25, -0.2) is 0 Å².